The predicted molar refractivity (Wildman–Crippen MR) is 160 cm³/mol. The highest BCUT2D eigenvalue weighted by molar-refractivity contribution is 8.00. The summed E-state index contributed by atoms with van der Waals surface area (Å²) in [5.74, 6) is -3.48. The number of nitrogens with zero attached hydrogens (tertiary/aromatic N) is 2. The number of halogens is 3. The summed E-state index contributed by atoms with van der Waals surface area (Å²) in [5.41, 5.74) is 0.329. The maximum absolute atomic E-state index is 14.0. The lowest BCUT2D eigenvalue weighted by Gasteiger charge is -2.30. The van der Waals surface area contributed by atoms with Gasteiger partial charge in [0.15, 0.2) is 0 Å². The zero-order valence-corrected chi connectivity index (χ0v) is 24.9. The van der Waals surface area contributed by atoms with Crippen molar-refractivity contribution in [3.05, 3.63) is 104 Å². The number of carbonyl (C=O) groups excluding carboxylic acids is 3. The highest BCUT2D eigenvalue weighted by Gasteiger charge is 2.57. The van der Waals surface area contributed by atoms with Gasteiger partial charge in [0.1, 0.15) is 17.5 Å². The number of ether oxygens (including phenoxy) is 1. The Hall–Kier alpha value is -4.36. The SMILES string of the molecule is COc1ccc(C2c3sc(=O)n(CC(=O)Nc4ccccc4C)c3SC3C(=O)N(c4ccccc4C(F)(F)F)C(=O)C32)cc1. The van der Waals surface area contributed by atoms with Crippen molar-refractivity contribution in [3.8, 4) is 5.75 Å². The number of benzene rings is 3. The monoisotopic (exact) mass is 639 g/mol. The number of methoxy groups -OCH3 is 1. The van der Waals surface area contributed by atoms with Crippen LogP contribution in [0.15, 0.2) is 82.6 Å². The molecule has 6 rings (SSSR count). The van der Waals surface area contributed by atoms with Gasteiger partial charge in [0.2, 0.25) is 17.7 Å². The molecular weight excluding hydrogens is 615 g/mol. The van der Waals surface area contributed by atoms with Crippen LogP contribution in [0.3, 0.4) is 0 Å². The Bertz CT molecular complexity index is 1850. The van der Waals surface area contributed by atoms with E-state index >= 15 is 0 Å². The van der Waals surface area contributed by atoms with Crippen LogP contribution in [-0.2, 0) is 27.1 Å². The van der Waals surface area contributed by atoms with E-state index in [0.717, 1.165) is 40.8 Å². The number of carbonyl (C=O) groups is 3. The number of fused-ring (bicyclic) bond motifs is 2. The number of alkyl halides is 3. The van der Waals surface area contributed by atoms with Gasteiger partial charge in [-0.25, -0.2) is 4.90 Å². The third kappa shape index (κ3) is 5.09. The van der Waals surface area contributed by atoms with Gasteiger partial charge in [0, 0.05) is 16.5 Å². The van der Waals surface area contributed by atoms with E-state index < -0.39 is 57.1 Å². The zero-order chi connectivity index (χ0) is 31.3. The number of hydrogen-bond donors (Lipinski definition) is 1. The third-order valence-electron chi connectivity index (χ3n) is 7.70. The molecule has 2 aliphatic heterocycles. The molecule has 1 aromatic heterocycles. The van der Waals surface area contributed by atoms with E-state index in [0.29, 0.717) is 31.8 Å². The maximum atomic E-state index is 14.0. The van der Waals surface area contributed by atoms with E-state index in [1.807, 2.05) is 19.1 Å². The second-order valence-electron chi connectivity index (χ2n) is 10.3. The molecule has 44 heavy (non-hydrogen) atoms. The summed E-state index contributed by atoms with van der Waals surface area (Å²) in [4.78, 5) is 54.9. The summed E-state index contributed by atoms with van der Waals surface area (Å²) >= 11 is 1.78. The molecule has 0 bridgehead atoms. The minimum absolute atomic E-state index is 0.328. The molecule has 8 nitrogen and oxygen atoms in total. The molecule has 3 unspecified atom stereocenters. The highest BCUT2D eigenvalue weighted by atomic mass is 32.2. The fourth-order valence-electron chi connectivity index (χ4n) is 5.62. The van der Waals surface area contributed by atoms with Crippen molar-refractivity contribution in [2.45, 2.75) is 35.8 Å². The molecule has 1 N–H and O–H groups in total. The number of thiazole rings is 1. The molecule has 13 heteroatoms. The first kappa shape index (κ1) is 29.7. The lowest BCUT2D eigenvalue weighted by Crippen LogP contribution is -2.33. The number of aryl methyl sites for hydroxylation is 1. The van der Waals surface area contributed by atoms with Gasteiger partial charge in [0.25, 0.3) is 0 Å². The third-order valence-corrected chi connectivity index (χ3v) is 10.3. The molecule has 1 fully saturated rings. The van der Waals surface area contributed by atoms with Crippen molar-refractivity contribution in [1.82, 2.24) is 4.57 Å². The summed E-state index contributed by atoms with van der Waals surface area (Å²) in [5, 5.41) is 1.99. The van der Waals surface area contributed by atoms with Crippen LogP contribution in [0.2, 0.25) is 0 Å². The maximum Gasteiger partial charge on any atom is 0.418 e. The molecule has 3 amide bonds. The molecule has 0 saturated carbocycles. The van der Waals surface area contributed by atoms with Crippen LogP contribution < -0.4 is 19.8 Å². The first-order valence-electron chi connectivity index (χ1n) is 13.4. The average molecular weight is 640 g/mol. The Morgan fingerprint density at radius 3 is 2.32 bits per heavy atom. The molecule has 1 saturated heterocycles. The van der Waals surface area contributed by atoms with Crippen molar-refractivity contribution in [2.75, 3.05) is 17.3 Å². The molecule has 0 aliphatic carbocycles. The highest BCUT2D eigenvalue weighted by Crippen LogP contribution is 2.54. The number of imide groups is 1. The van der Waals surface area contributed by atoms with Crippen LogP contribution in [0.4, 0.5) is 24.5 Å². The van der Waals surface area contributed by atoms with Gasteiger partial charge < -0.3 is 10.1 Å². The number of anilines is 2. The quantitative estimate of drug-likeness (QED) is 0.273. The summed E-state index contributed by atoms with van der Waals surface area (Å²) in [7, 11) is 1.49. The summed E-state index contributed by atoms with van der Waals surface area (Å²) in [6.07, 6.45) is -4.81. The number of para-hydroxylation sites is 2. The summed E-state index contributed by atoms with van der Waals surface area (Å²) in [6, 6.07) is 18.3. The number of amides is 3. The number of nitrogens with one attached hydrogen (secondary N) is 1. The van der Waals surface area contributed by atoms with Gasteiger partial charge in [-0.05, 0) is 48.4 Å². The van der Waals surface area contributed by atoms with Crippen molar-refractivity contribution < 1.29 is 32.3 Å². The van der Waals surface area contributed by atoms with Crippen molar-refractivity contribution in [1.29, 1.82) is 0 Å². The number of rotatable bonds is 6. The molecule has 2 aliphatic rings. The van der Waals surface area contributed by atoms with Crippen molar-refractivity contribution in [2.24, 2.45) is 5.92 Å². The molecule has 226 valence electrons. The topological polar surface area (TPSA) is 97.7 Å². The standard InChI is InChI=1S/C31H24F3N3O5S2/c1-16-7-3-5-9-20(16)35-22(38)15-36-29-26(44-30(36)41)23(17-11-13-18(42-2)14-12-17)24-25(43-29)28(40)37(27(24)39)21-10-6-4-8-19(21)31(32,33)34/h3-14,23-25H,15H2,1-2H3,(H,35,38). The Balaban J connectivity index is 1.44. The fourth-order valence-corrected chi connectivity index (χ4v) is 8.39. The van der Waals surface area contributed by atoms with E-state index in [1.54, 1.807) is 36.4 Å². The zero-order valence-electron chi connectivity index (χ0n) is 23.3. The van der Waals surface area contributed by atoms with E-state index in [-0.39, 0.29) is 6.54 Å². The van der Waals surface area contributed by atoms with Crippen LogP contribution in [-0.4, -0.2) is 34.6 Å². The van der Waals surface area contributed by atoms with Crippen molar-refractivity contribution in [3.63, 3.8) is 0 Å². The van der Waals surface area contributed by atoms with Gasteiger partial charge >= 0.3 is 11.0 Å². The average Bonchev–Trinajstić information content (AvgIpc) is 3.44. The van der Waals surface area contributed by atoms with E-state index in [9.17, 15) is 32.3 Å². The molecule has 3 atom stereocenters. The number of thioether (sulfide) groups is 1. The minimum Gasteiger partial charge on any atom is -0.497 e. The van der Waals surface area contributed by atoms with Gasteiger partial charge in [-0.15, -0.1) is 0 Å². The Kier molecular flexibility index (Phi) is 7.62. The van der Waals surface area contributed by atoms with Crippen LogP contribution in [0, 0.1) is 12.8 Å². The predicted octanol–water partition coefficient (Wildman–Crippen LogP) is 5.68. The second-order valence-corrected chi connectivity index (χ2v) is 12.5. The molecule has 4 aromatic rings. The van der Waals surface area contributed by atoms with Crippen molar-refractivity contribution >= 4 is 52.2 Å². The first-order valence-corrected chi connectivity index (χ1v) is 15.1. The van der Waals surface area contributed by atoms with Gasteiger partial charge in [0.05, 0.1) is 29.3 Å². The molecular formula is C31H24F3N3O5S2. The fraction of sp³-hybridized carbons (Fsp3) is 0.226. The summed E-state index contributed by atoms with van der Waals surface area (Å²) in [6.45, 7) is 1.47. The first-order chi connectivity index (χ1) is 21.0. The van der Waals surface area contributed by atoms with E-state index in [4.69, 9.17) is 4.74 Å². The Labute approximate surface area is 257 Å². The largest absolute Gasteiger partial charge is 0.497 e. The minimum atomic E-state index is -4.81. The van der Waals surface area contributed by atoms with Gasteiger partial charge in [-0.1, -0.05) is 65.6 Å². The lowest BCUT2D eigenvalue weighted by molar-refractivity contribution is -0.137. The van der Waals surface area contributed by atoms with E-state index in [1.165, 1.54) is 23.8 Å². The Morgan fingerprint density at radius 2 is 1.64 bits per heavy atom. The lowest BCUT2D eigenvalue weighted by atomic mass is 9.83. The summed E-state index contributed by atoms with van der Waals surface area (Å²) < 4.78 is 48.4. The van der Waals surface area contributed by atoms with Crippen LogP contribution in [0.5, 0.6) is 5.75 Å². The van der Waals surface area contributed by atoms with Gasteiger partial charge in [-0.3, -0.25) is 23.7 Å². The second kappa shape index (κ2) is 11.3. The van der Waals surface area contributed by atoms with Crippen LogP contribution in [0.1, 0.15) is 27.5 Å². The number of hydrogen-bond acceptors (Lipinski definition) is 7. The molecule has 0 spiro atoms. The normalized spacial score (nSPS) is 19.5. The Morgan fingerprint density at radius 1 is 0.955 bits per heavy atom. The van der Waals surface area contributed by atoms with Crippen LogP contribution in [0.25, 0.3) is 0 Å². The molecule has 0 radical (unpaired) electrons. The van der Waals surface area contributed by atoms with Crippen LogP contribution >= 0.6 is 23.1 Å². The number of aromatic nitrogens is 1. The van der Waals surface area contributed by atoms with Gasteiger partial charge in [-0.2, -0.15) is 13.2 Å². The molecule has 3 aromatic carbocycles. The van der Waals surface area contributed by atoms with E-state index in [2.05, 4.69) is 5.32 Å². The molecule has 3 heterocycles. The smallest absolute Gasteiger partial charge is 0.418 e.